The van der Waals surface area contributed by atoms with Crippen LogP contribution >= 0.6 is 15.9 Å². The molecule has 2 rings (SSSR count). The van der Waals surface area contributed by atoms with Crippen LogP contribution in [0, 0.1) is 20.8 Å². The van der Waals surface area contributed by atoms with Crippen LogP contribution in [-0.2, 0) is 0 Å². The second kappa shape index (κ2) is 6.55. The quantitative estimate of drug-likeness (QED) is 0.824. The van der Waals surface area contributed by atoms with Gasteiger partial charge in [0.05, 0.1) is 6.04 Å². The van der Waals surface area contributed by atoms with Gasteiger partial charge in [-0.1, -0.05) is 69.9 Å². The number of halogens is 1. The molecule has 1 nitrogen and oxygen atoms in total. The molecule has 0 bridgehead atoms. The van der Waals surface area contributed by atoms with E-state index in [4.69, 9.17) is 0 Å². The Morgan fingerprint density at radius 1 is 0.950 bits per heavy atom. The molecule has 1 atom stereocenters. The molecule has 0 spiro atoms. The second-order valence-electron chi connectivity index (χ2n) is 5.44. The summed E-state index contributed by atoms with van der Waals surface area (Å²) < 4.78 is 1.16. The predicted molar refractivity (Wildman–Crippen MR) is 90.3 cm³/mol. The first kappa shape index (κ1) is 15.3. The van der Waals surface area contributed by atoms with E-state index >= 15 is 0 Å². The van der Waals surface area contributed by atoms with E-state index in [2.05, 4.69) is 85.3 Å². The van der Waals surface area contributed by atoms with Gasteiger partial charge >= 0.3 is 0 Å². The maximum Gasteiger partial charge on any atom is 0.0588 e. The predicted octanol–water partition coefficient (Wildman–Crippen LogP) is 5.07. The standard InChI is InChI=1S/C18H22BrN/c1-5-20-18(15-9-13(3)8-14(4)10-15)16-11-12(2)6-7-17(16)19/h6-11,18,20H,5H2,1-4H3. The van der Waals surface area contributed by atoms with E-state index in [1.165, 1.54) is 27.8 Å². The molecule has 2 aromatic carbocycles. The number of benzene rings is 2. The van der Waals surface area contributed by atoms with Crippen molar-refractivity contribution in [3.63, 3.8) is 0 Å². The smallest absolute Gasteiger partial charge is 0.0588 e. The lowest BCUT2D eigenvalue weighted by Crippen LogP contribution is -2.22. The Bertz CT molecular complexity index is 584. The Hall–Kier alpha value is -1.12. The molecule has 1 N–H and O–H groups in total. The molecule has 2 aromatic rings. The van der Waals surface area contributed by atoms with Gasteiger partial charge in [0.25, 0.3) is 0 Å². The third-order valence-electron chi connectivity index (χ3n) is 3.45. The summed E-state index contributed by atoms with van der Waals surface area (Å²) in [5, 5.41) is 3.61. The van der Waals surface area contributed by atoms with Crippen LogP contribution in [0.25, 0.3) is 0 Å². The highest BCUT2D eigenvalue weighted by atomic mass is 79.9. The van der Waals surface area contributed by atoms with Crippen LogP contribution < -0.4 is 5.32 Å². The third-order valence-corrected chi connectivity index (χ3v) is 4.17. The van der Waals surface area contributed by atoms with Crippen LogP contribution in [0.1, 0.15) is 40.8 Å². The highest BCUT2D eigenvalue weighted by Crippen LogP contribution is 2.30. The molecule has 0 aliphatic rings. The zero-order valence-electron chi connectivity index (χ0n) is 12.6. The normalized spacial score (nSPS) is 12.4. The van der Waals surface area contributed by atoms with Crippen LogP contribution in [-0.4, -0.2) is 6.54 Å². The Balaban J connectivity index is 2.52. The molecular weight excluding hydrogens is 310 g/mol. The SMILES string of the molecule is CCNC(c1cc(C)cc(C)c1)c1cc(C)ccc1Br. The van der Waals surface area contributed by atoms with E-state index in [9.17, 15) is 0 Å². The van der Waals surface area contributed by atoms with Crippen LogP contribution in [0.15, 0.2) is 40.9 Å². The minimum Gasteiger partial charge on any atom is -0.306 e. The lowest BCUT2D eigenvalue weighted by Gasteiger charge is -2.22. The molecule has 2 heteroatoms. The molecule has 0 radical (unpaired) electrons. The Morgan fingerprint density at radius 3 is 2.20 bits per heavy atom. The summed E-state index contributed by atoms with van der Waals surface area (Å²) in [5.41, 5.74) is 6.54. The van der Waals surface area contributed by atoms with Crippen molar-refractivity contribution < 1.29 is 0 Å². The van der Waals surface area contributed by atoms with Gasteiger partial charge in [-0.3, -0.25) is 0 Å². The molecule has 0 heterocycles. The molecule has 0 aromatic heterocycles. The van der Waals surface area contributed by atoms with Crippen LogP contribution in [0.4, 0.5) is 0 Å². The summed E-state index contributed by atoms with van der Waals surface area (Å²) in [5.74, 6) is 0. The van der Waals surface area contributed by atoms with Gasteiger partial charge in [-0.05, 0) is 44.5 Å². The fourth-order valence-electron chi connectivity index (χ4n) is 2.67. The van der Waals surface area contributed by atoms with Gasteiger partial charge in [0.15, 0.2) is 0 Å². The van der Waals surface area contributed by atoms with Crippen molar-refractivity contribution in [2.75, 3.05) is 6.54 Å². The summed E-state index contributed by atoms with van der Waals surface area (Å²) in [6, 6.07) is 13.5. The van der Waals surface area contributed by atoms with E-state index in [-0.39, 0.29) is 6.04 Å². The van der Waals surface area contributed by atoms with Gasteiger partial charge < -0.3 is 5.32 Å². The van der Waals surface area contributed by atoms with E-state index in [1.807, 2.05) is 0 Å². The largest absolute Gasteiger partial charge is 0.306 e. The van der Waals surface area contributed by atoms with E-state index < -0.39 is 0 Å². The molecule has 0 aliphatic carbocycles. The highest BCUT2D eigenvalue weighted by molar-refractivity contribution is 9.10. The molecular formula is C18H22BrN. The molecule has 0 fully saturated rings. The zero-order valence-corrected chi connectivity index (χ0v) is 14.2. The van der Waals surface area contributed by atoms with Crippen molar-refractivity contribution in [3.05, 3.63) is 68.7 Å². The average Bonchev–Trinajstić information content (AvgIpc) is 2.38. The van der Waals surface area contributed by atoms with Crippen molar-refractivity contribution in [1.29, 1.82) is 0 Å². The fourth-order valence-corrected chi connectivity index (χ4v) is 3.15. The minimum absolute atomic E-state index is 0.230. The summed E-state index contributed by atoms with van der Waals surface area (Å²) in [6.45, 7) is 9.55. The number of nitrogens with one attached hydrogen (secondary N) is 1. The first-order valence-electron chi connectivity index (χ1n) is 7.09. The molecule has 0 saturated heterocycles. The first-order valence-corrected chi connectivity index (χ1v) is 7.88. The highest BCUT2D eigenvalue weighted by Gasteiger charge is 2.16. The fraction of sp³-hybridized carbons (Fsp3) is 0.333. The van der Waals surface area contributed by atoms with Gasteiger partial charge in [-0.2, -0.15) is 0 Å². The van der Waals surface area contributed by atoms with Gasteiger partial charge in [0, 0.05) is 4.47 Å². The van der Waals surface area contributed by atoms with Crippen molar-refractivity contribution in [2.24, 2.45) is 0 Å². The van der Waals surface area contributed by atoms with Gasteiger partial charge in [0.2, 0.25) is 0 Å². The molecule has 20 heavy (non-hydrogen) atoms. The number of hydrogen-bond acceptors (Lipinski definition) is 1. The lowest BCUT2D eigenvalue weighted by molar-refractivity contribution is 0.627. The van der Waals surface area contributed by atoms with E-state index in [0.29, 0.717) is 0 Å². The van der Waals surface area contributed by atoms with Crippen molar-refractivity contribution >= 4 is 15.9 Å². The Kier molecular flexibility index (Phi) is 5.00. The number of rotatable bonds is 4. The summed E-state index contributed by atoms with van der Waals surface area (Å²) in [6.07, 6.45) is 0. The maximum atomic E-state index is 3.70. The summed E-state index contributed by atoms with van der Waals surface area (Å²) in [7, 11) is 0. The maximum absolute atomic E-state index is 3.70. The Labute approximate surface area is 130 Å². The monoisotopic (exact) mass is 331 g/mol. The van der Waals surface area contributed by atoms with Crippen molar-refractivity contribution in [1.82, 2.24) is 5.32 Å². The van der Waals surface area contributed by atoms with Gasteiger partial charge in [0.1, 0.15) is 0 Å². The van der Waals surface area contributed by atoms with Crippen molar-refractivity contribution in [3.8, 4) is 0 Å². The van der Waals surface area contributed by atoms with E-state index in [0.717, 1.165) is 11.0 Å². The van der Waals surface area contributed by atoms with Crippen LogP contribution in [0.3, 0.4) is 0 Å². The first-order chi connectivity index (χ1) is 9.51. The summed E-state index contributed by atoms with van der Waals surface area (Å²) >= 11 is 3.70. The molecule has 0 amide bonds. The second-order valence-corrected chi connectivity index (χ2v) is 6.29. The summed E-state index contributed by atoms with van der Waals surface area (Å²) in [4.78, 5) is 0. The molecule has 0 saturated carbocycles. The van der Waals surface area contributed by atoms with E-state index in [1.54, 1.807) is 0 Å². The van der Waals surface area contributed by atoms with Crippen LogP contribution in [0.5, 0.6) is 0 Å². The lowest BCUT2D eigenvalue weighted by atomic mass is 9.94. The van der Waals surface area contributed by atoms with Gasteiger partial charge in [-0.25, -0.2) is 0 Å². The molecule has 106 valence electrons. The topological polar surface area (TPSA) is 12.0 Å². The average molecular weight is 332 g/mol. The van der Waals surface area contributed by atoms with Crippen LogP contribution in [0.2, 0.25) is 0 Å². The Morgan fingerprint density at radius 2 is 1.60 bits per heavy atom. The van der Waals surface area contributed by atoms with Crippen molar-refractivity contribution in [2.45, 2.75) is 33.7 Å². The third kappa shape index (κ3) is 3.50. The molecule has 1 unspecified atom stereocenters. The number of hydrogen-bond donors (Lipinski definition) is 1. The van der Waals surface area contributed by atoms with Gasteiger partial charge in [-0.15, -0.1) is 0 Å². The number of aryl methyl sites for hydroxylation is 3. The zero-order chi connectivity index (χ0) is 14.7. The minimum atomic E-state index is 0.230. The molecule has 0 aliphatic heterocycles.